The highest BCUT2D eigenvalue weighted by Gasteiger charge is 2.32. The molecule has 2 rings (SSSR count). The van der Waals surface area contributed by atoms with Crippen molar-refractivity contribution >= 4 is 11.5 Å². The predicted octanol–water partition coefficient (Wildman–Crippen LogP) is 5.19. The largest absolute Gasteiger partial charge is 0.478 e. The Morgan fingerprint density at radius 3 is 1.93 bits per heavy atom. The molecule has 27 heavy (non-hydrogen) atoms. The standard InChI is InChI=1S/C18H11F6NO2/c19-17(20,21)13-7-4-11(5-8-13)14(2-1-3-16(26)27)12-6-9-15(25-10-12)18(22,23)24/h1-10H,(H,26,27)/b3-1+,14-2-. The fourth-order valence-corrected chi connectivity index (χ4v) is 2.15. The molecule has 9 heteroatoms. The van der Waals surface area contributed by atoms with Crippen molar-refractivity contribution in [1.29, 1.82) is 0 Å². The topological polar surface area (TPSA) is 50.2 Å². The average molecular weight is 387 g/mol. The van der Waals surface area contributed by atoms with Gasteiger partial charge in [-0.3, -0.25) is 4.98 Å². The molecule has 3 nitrogen and oxygen atoms in total. The van der Waals surface area contributed by atoms with E-state index in [4.69, 9.17) is 5.11 Å². The number of carboxylic acids is 1. The molecule has 1 N–H and O–H groups in total. The molecular weight excluding hydrogens is 376 g/mol. The summed E-state index contributed by atoms with van der Waals surface area (Å²) < 4.78 is 75.9. The third kappa shape index (κ3) is 5.44. The average Bonchev–Trinajstić information content (AvgIpc) is 2.57. The fraction of sp³-hybridized carbons (Fsp3) is 0.111. The number of carboxylic acid groups (broad SMARTS) is 1. The van der Waals surface area contributed by atoms with Gasteiger partial charge in [0.15, 0.2) is 0 Å². The van der Waals surface area contributed by atoms with E-state index in [0.29, 0.717) is 0 Å². The van der Waals surface area contributed by atoms with E-state index in [9.17, 15) is 31.1 Å². The maximum Gasteiger partial charge on any atom is 0.433 e. The van der Waals surface area contributed by atoms with E-state index in [-0.39, 0.29) is 16.7 Å². The van der Waals surface area contributed by atoms with E-state index in [1.54, 1.807) is 0 Å². The van der Waals surface area contributed by atoms with Gasteiger partial charge < -0.3 is 5.11 Å². The molecule has 0 unspecified atom stereocenters. The van der Waals surface area contributed by atoms with Gasteiger partial charge in [-0.15, -0.1) is 0 Å². The second-order valence-electron chi connectivity index (χ2n) is 5.28. The van der Waals surface area contributed by atoms with Crippen molar-refractivity contribution in [3.8, 4) is 0 Å². The highest BCUT2D eigenvalue weighted by atomic mass is 19.4. The molecule has 0 aliphatic carbocycles. The molecule has 1 heterocycles. The van der Waals surface area contributed by atoms with Crippen LogP contribution >= 0.6 is 0 Å². The summed E-state index contributed by atoms with van der Waals surface area (Å²) in [5.74, 6) is -1.26. The van der Waals surface area contributed by atoms with Crippen molar-refractivity contribution in [2.75, 3.05) is 0 Å². The Labute approximate surface area is 149 Å². The Kier molecular flexibility index (Phi) is 5.72. The van der Waals surface area contributed by atoms with Crippen LogP contribution in [0.1, 0.15) is 22.4 Å². The third-order valence-electron chi connectivity index (χ3n) is 3.39. The third-order valence-corrected chi connectivity index (χ3v) is 3.39. The van der Waals surface area contributed by atoms with E-state index in [2.05, 4.69) is 4.98 Å². The van der Waals surface area contributed by atoms with Crippen LogP contribution in [0.4, 0.5) is 26.3 Å². The van der Waals surface area contributed by atoms with Crippen molar-refractivity contribution in [2.45, 2.75) is 12.4 Å². The summed E-state index contributed by atoms with van der Waals surface area (Å²) in [6.07, 6.45) is -5.10. The van der Waals surface area contributed by atoms with Gasteiger partial charge >= 0.3 is 18.3 Å². The van der Waals surface area contributed by atoms with Gasteiger partial charge in [0.25, 0.3) is 0 Å². The first kappa shape index (κ1) is 20.2. The Morgan fingerprint density at radius 2 is 1.48 bits per heavy atom. The molecule has 1 aromatic heterocycles. The number of alkyl halides is 6. The van der Waals surface area contributed by atoms with Crippen LogP contribution in [0.2, 0.25) is 0 Å². The van der Waals surface area contributed by atoms with Crippen molar-refractivity contribution in [1.82, 2.24) is 4.98 Å². The molecule has 2 aromatic rings. The molecule has 0 aliphatic rings. The number of carbonyl (C=O) groups is 1. The van der Waals surface area contributed by atoms with Crippen LogP contribution in [0.3, 0.4) is 0 Å². The lowest BCUT2D eigenvalue weighted by atomic mass is 9.97. The first-order chi connectivity index (χ1) is 12.5. The van der Waals surface area contributed by atoms with E-state index in [0.717, 1.165) is 54.7 Å². The summed E-state index contributed by atoms with van der Waals surface area (Å²) >= 11 is 0. The number of halogens is 6. The summed E-state index contributed by atoms with van der Waals surface area (Å²) in [7, 11) is 0. The van der Waals surface area contributed by atoms with Gasteiger partial charge in [-0.1, -0.05) is 30.4 Å². The number of allylic oxidation sites excluding steroid dienone is 2. The molecule has 0 bridgehead atoms. The molecule has 0 saturated heterocycles. The van der Waals surface area contributed by atoms with Crippen molar-refractivity contribution in [3.05, 3.63) is 83.2 Å². The number of hydrogen-bond donors (Lipinski definition) is 1. The molecule has 1 aromatic carbocycles. The van der Waals surface area contributed by atoms with Crippen LogP contribution in [0, 0.1) is 0 Å². The zero-order valence-corrected chi connectivity index (χ0v) is 13.3. The second kappa shape index (κ2) is 7.65. The summed E-state index contributed by atoms with van der Waals surface area (Å²) in [6.45, 7) is 0. The van der Waals surface area contributed by atoms with E-state index >= 15 is 0 Å². The smallest absolute Gasteiger partial charge is 0.433 e. The van der Waals surface area contributed by atoms with Crippen LogP contribution < -0.4 is 0 Å². The summed E-state index contributed by atoms with van der Waals surface area (Å²) in [5, 5.41) is 8.64. The van der Waals surface area contributed by atoms with Crippen LogP contribution in [0.15, 0.2) is 60.8 Å². The van der Waals surface area contributed by atoms with E-state index in [1.807, 2.05) is 0 Å². The number of rotatable bonds is 4. The number of hydrogen-bond acceptors (Lipinski definition) is 2. The Morgan fingerprint density at radius 1 is 0.889 bits per heavy atom. The van der Waals surface area contributed by atoms with Crippen molar-refractivity contribution in [3.63, 3.8) is 0 Å². The summed E-state index contributed by atoms with van der Waals surface area (Å²) in [5.41, 5.74) is -1.38. The van der Waals surface area contributed by atoms with Crippen LogP contribution in [0.5, 0.6) is 0 Å². The summed E-state index contributed by atoms with van der Waals surface area (Å²) in [6, 6.07) is 5.76. The molecule has 0 fully saturated rings. The minimum absolute atomic E-state index is 0.179. The van der Waals surface area contributed by atoms with Gasteiger partial charge in [0.1, 0.15) is 5.69 Å². The fourth-order valence-electron chi connectivity index (χ4n) is 2.15. The Bertz CT molecular complexity index is 803. The number of aromatic nitrogens is 1. The molecule has 0 spiro atoms. The first-order valence-corrected chi connectivity index (χ1v) is 7.31. The number of aliphatic carboxylic acids is 1. The lowest BCUT2D eigenvalue weighted by Crippen LogP contribution is -2.07. The van der Waals surface area contributed by atoms with Gasteiger partial charge in [-0.05, 0) is 29.3 Å². The van der Waals surface area contributed by atoms with E-state index < -0.39 is 29.6 Å². The minimum atomic E-state index is -4.64. The maximum absolute atomic E-state index is 12.7. The van der Waals surface area contributed by atoms with Gasteiger partial charge in [-0.25, -0.2) is 4.79 Å². The molecule has 0 amide bonds. The number of pyridine rings is 1. The van der Waals surface area contributed by atoms with E-state index in [1.165, 1.54) is 6.08 Å². The lowest BCUT2D eigenvalue weighted by molar-refractivity contribution is -0.141. The number of benzene rings is 1. The molecule has 0 aliphatic heterocycles. The summed E-state index contributed by atoms with van der Waals surface area (Å²) in [4.78, 5) is 13.9. The van der Waals surface area contributed by atoms with Crippen molar-refractivity contribution in [2.24, 2.45) is 0 Å². The van der Waals surface area contributed by atoms with Gasteiger partial charge in [-0.2, -0.15) is 26.3 Å². The first-order valence-electron chi connectivity index (χ1n) is 7.31. The monoisotopic (exact) mass is 387 g/mol. The highest BCUT2D eigenvalue weighted by molar-refractivity contribution is 5.83. The highest BCUT2D eigenvalue weighted by Crippen LogP contribution is 2.32. The van der Waals surface area contributed by atoms with Crippen LogP contribution in [0.25, 0.3) is 5.57 Å². The molecular formula is C18H11F6NO2. The molecule has 0 saturated carbocycles. The second-order valence-corrected chi connectivity index (χ2v) is 5.28. The lowest BCUT2D eigenvalue weighted by Gasteiger charge is -2.12. The van der Waals surface area contributed by atoms with Gasteiger partial charge in [0.05, 0.1) is 5.56 Å². The van der Waals surface area contributed by atoms with Crippen LogP contribution in [-0.2, 0) is 17.1 Å². The maximum atomic E-state index is 12.7. The van der Waals surface area contributed by atoms with Crippen molar-refractivity contribution < 1.29 is 36.2 Å². The zero-order chi connectivity index (χ0) is 20.2. The normalized spacial score (nSPS) is 13.2. The number of nitrogens with zero attached hydrogens (tertiary/aromatic N) is 1. The van der Waals surface area contributed by atoms with Gasteiger partial charge in [0, 0.05) is 17.8 Å². The molecule has 0 radical (unpaired) electrons. The quantitative estimate of drug-likeness (QED) is 0.446. The zero-order valence-electron chi connectivity index (χ0n) is 13.3. The minimum Gasteiger partial charge on any atom is -0.478 e. The molecule has 142 valence electrons. The van der Waals surface area contributed by atoms with Crippen LogP contribution in [-0.4, -0.2) is 16.1 Å². The predicted molar refractivity (Wildman–Crippen MR) is 84.5 cm³/mol. The Hall–Kier alpha value is -3.10. The SMILES string of the molecule is O=C(O)/C=C/C=C(/c1ccc(C(F)(F)F)cc1)c1ccc(C(F)(F)F)nc1. The Balaban J connectivity index is 2.47. The van der Waals surface area contributed by atoms with Gasteiger partial charge in [0.2, 0.25) is 0 Å². The molecule has 0 atom stereocenters.